The van der Waals surface area contributed by atoms with Crippen LogP contribution in [0.3, 0.4) is 0 Å². The Morgan fingerprint density at radius 3 is 2.28 bits per heavy atom. The molecule has 0 bridgehead atoms. The molecule has 0 spiro atoms. The van der Waals surface area contributed by atoms with Crippen molar-refractivity contribution in [3.8, 4) is 17.0 Å². The quantitative estimate of drug-likeness (QED) is 0.758. The van der Waals surface area contributed by atoms with Crippen LogP contribution in [0.5, 0.6) is 5.75 Å². The van der Waals surface area contributed by atoms with Gasteiger partial charge in [0.05, 0.1) is 24.5 Å². The van der Waals surface area contributed by atoms with E-state index in [0.717, 1.165) is 5.56 Å². The molecule has 0 saturated heterocycles. The fourth-order valence-electron chi connectivity index (χ4n) is 2.44. The number of aliphatic hydroxyl groups excluding tert-OH is 1. The molecule has 7 heteroatoms. The van der Waals surface area contributed by atoms with Gasteiger partial charge in [-0.1, -0.05) is 30.3 Å². The van der Waals surface area contributed by atoms with E-state index in [9.17, 15) is 18.3 Å². The SMILES string of the molecule is OCc1cc(-c2ccc(OC(F)(F)F)cc2)nn1Cc1ccccc1. The zero-order valence-electron chi connectivity index (χ0n) is 13.1. The Kier molecular flexibility index (Phi) is 4.76. The van der Waals surface area contributed by atoms with Gasteiger partial charge in [0.15, 0.2) is 0 Å². The van der Waals surface area contributed by atoms with E-state index in [2.05, 4.69) is 9.84 Å². The third-order valence-corrected chi connectivity index (χ3v) is 3.58. The molecule has 1 heterocycles. The standard InChI is InChI=1S/C18H15F3N2O2/c19-18(20,21)25-16-8-6-14(7-9-16)17-10-15(12-24)23(22-17)11-13-4-2-1-3-5-13/h1-10,24H,11-12H2. The first-order valence-electron chi connectivity index (χ1n) is 7.52. The van der Waals surface area contributed by atoms with E-state index >= 15 is 0 Å². The van der Waals surface area contributed by atoms with Crippen LogP contribution in [0.1, 0.15) is 11.3 Å². The molecule has 0 saturated carbocycles. The number of halogens is 3. The van der Waals surface area contributed by atoms with Crippen LogP contribution >= 0.6 is 0 Å². The predicted molar refractivity (Wildman–Crippen MR) is 85.8 cm³/mol. The van der Waals surface area contributed by atoms with E-state index in [4.69, 9.17) is 0 Å². The summed E-state index contributed by atoms with van der Waals surface area (Å²) in [5.41, 5.74) is 2.85. The Hall–Kier alpha value is -2.80. The first-order valence-corrected chi connectivity index (χ1v) is 7.52. The number of aromatic nitrogens is 2. The number of ether oxygens (including phenoxy) is 1. The highest BCUT2D eigenvalue weighted by Crippen LogP contribution is 2.26. The summed E-state index contributed by atoms with van der Waals surface area (Å²) in [6.45, 7) is 0.307. The molecule has 25 heavy (non-hydrogen) atoms. The minimum atomic E-state index is -4.72. The molecule has 0 aliphatic rings. The third kappa shape index (κ3) is 4.39. The topological polar surface area (TPSA) is 47.3 Å². The maximum absolute atomic E-state index is 12.2. The van der Waals surface area contributed by atoms with Crippen molar-refractivity contribution in [1.29, 1.82) is 0 Å². The van der Waals surface area contributed by atoms with E-state index in [-0.39, 0.29) is 12.4 Å². The maximum atomic E-state index is 12.2. The van der Waals surface area contributed by atoms with Gasteiger partial charge in [-0.3, -0.25) is 4.68 Å². The van der Waals surface area contributed by atoms with Crippen LogP contribution in [0.15, 0.2) is 60.7 Å². The number of hydrogen-bond acceptors (Lipinski definition) is 3. The molecule has 0 radical (unpaired) electrons. The van der Waals surface area contributed by atoms with Gasteiger partial charge in [-0.2, -0.15) is 5.10 Å². The minimum Gasteiger partial charge on any atom is -0.406 e. The van der Waals surface area contributed by atoms with Gasteiger partial charge in [0.1, 0.15) is 5.75 Å². The lowest BCUT2D eigenvalue weighted by atomic mass is 10.1. The molecule has 1 N–H and O–H groups in total. The van der Waals surface area contributed by atoms with Gasteiger partial charge in [-0.25, -0.2) is 0 Å². The van der Waals surface area contributed by atoms with Crippen LogP contribution in [0, 0.1) is 0 Å². The second-order valence-electron chi connectivity index (χ2n) is 5.39. The average Bonchev–Trinajstić information content (AvgIpc) is 2.98. The predicted octanol–water partition coefficient (Wildman–Crippen LogP) is 3.99. The first kappa shape index (κ1) is 17.0. The zero-order chi connectivity index (χ0) is 17.9. The lowest BCUT2D eigenvalue weighted by Crippen LogP contribution is -2.16. The van der Waals surface area contributed by atoms with E-state index in [1.54, 1.807) is 10.7 Å². The highest BCUT2D eigenvalue weighted by molar-refractivity contribution is 5.60. The Labute approximate surface area is 142 Å². The largest absolute Gasteiger partial charge is 0.573 e. The summed E-state index contributed by atoms with van der Waals surface area (Å²) in [4.78, 5) is 0. The molecule has 0 unspecified atom stereocenters. The summed E-state index contributed by atoms with van der Waals surface area (Å²) in [5, 5.41) is 14.0. The molecule has 0 amide bonds. The van der Waals surface area contributed by atoms with Crippen LogP contribution in [0.4, 0.5) is 13.2 Å². The summed E-state index contributed by atoms with van der Waals surface area (Å²) in [7, 11) is 0. The van der Waals surface area contributed by atoms with Crippen molar-refractivity contribution in [3.63, 3.8) is 0 Å². The van der Waals surface area contributed by atoms with Gasteiger partial charge in [0.2, 0.25) is 0 Å². The first-order chi connectivity index (χ1) is 11.9. The zero-order valence-corrected chi connectivity index (χ0v) is 13.1. The highest BCUT2D eigenvalue weighted by Gasteiger charge is 2.31. The fourth-order valence-corrected chi connectivity index (χ4v) is 2.44. The fraction of sp³-hybridized carbons (Fsp3) is 0.167. The highest BCUT2D eigenvalue weighted by atomic mass is 19.4. The van der Waals surface area contributed by atoms with Crippen molar-refractivity contribution in [2.75, 3.05) is 0 Å². The molecule has 0 fully saturated rings. The van der Waals surface area contributed by atoms with E-state index in [1.165, 1.54) is 24.3 Å². The van der Waals surface area contributed by atoms with Gasteiger partial charge in [-0.15, -0.1) is 13.2 Å². The van der Waals surface area contributed by atoms with Crippen molar-refractivity contribution in [2.24, 2.45) is 0 Å². The monoisotopic (exact) mass is 348 g/mol. The number of rotatable bonds is 5. The molecular formula is C18H15F3N2O2. The average molecular weight is 348 g/mol. The molecule has 3 aromatic rings. The van der Waals surface area contributed by atoms with E-state index in [0.29, 0.717) is 23.5 Å². The molecule has 3 rings (SSSR count). The van der Waals surface area contributed by atoms with Crippen LogP contribution < -0.4 is 4.74 Å². The summed E-state index contributed by atoms with van der Waals surface area (Å²) in [5.74, 6) is -0.289. The Morgan fingerprint density at radius 1 is 1.00 bits per heavy atom. The number of benzene rings is 2. The van der Waals surface area contributed by atoms with Gasteiger partial charge < -0.3 is 9.84 Å². The van der Waals surface area contributed by atoms with Crippen molar-refractivity contribution in [3.05, 3.63) is 71.9 Å². The number of alkyl halides is 3. The van der Waals surface area contributed by atoms with Crippen molar-refractivity contribution < 1.29 is 23.0 Å². The Bertz CT molecular complexity index is 828. The molecule has 0 aliphatic heterocycles. The molecule has 0 atom stereocenters. The van der Waals surface area contributed by atoms with Crippen molar-refractivity contribution in [2.45, 2.75) is 19.5 Å². The summed E-state index contributed by atoms with van der Waals surface area (Å²) < 4.78 is 42.2. The third-order valence-electron chi connectivity index (χ3n) is 3.58. The second kappa shape index (κ2) is 6.98. The van der Waals surface area contributed by atoms with Crippen molar-refractivity contribution in [1.82, 2.24) is 9.78 Å². The number of nitrogens with zero attached hydrogens (tertiary/aromatic N) is 2. The molecule has 4 nitrogen and oxygen atoms in total. The molecule has 1 aromatic heterocycles. The van der Waals surface area contributed by atoms with Crippen LogP contribution in [-0.4, -0.2) is 21.2 Å². The molecule has 2 aromatic carbocycles. The maximum Gasteiger partial charge on any atom is 0.573 e. The Balaban J connectivity index is 1.83. The van der Waals surface area contributed by atoms with E-state index < -0.39 is 6.36 Å². The normalized spacial score (nSPS) is 11.5. The Morgan fingerprint density at radius 2 is 1.68 bits per heavy atom. The van der Waals surface area contributed by atoms with Crippen LogP contribution in [0.2, 0.25) is 0 Å². The van der Waals surface area contributed by atoms with Crippen LogP contribution in [-0.2, 0) is 13.2 Å². The van der Waals surface area contributed by atoms with Gasteiger partial charge in [0, 0.05) is 5.56 Å². The summed E-state index contributed by atoms with van der Waals surface area (Å²) in [6.07, 6.45) is -4.72. The van der Waals surface area contributed by atoms with E-state index in [1.807, 2.05) is 30.3 Å². The lowest BCUT2D eigenvalue weighted by molar-refractivity contribution is -0.274. The second-order valence-corrected chi connectivity index (χ2v) is 5.39. The summed E-state index contributed by atoms with van der Waals surface area (Å²) in [6, 6.07) is 16.8. The van der Waals surface area contributed by atoms with Gasteiger partial charge >= 0.3 is 6.36 Å². The minimum absolute atomic E-state index is 0.185. The number of hydrogen-bond donors (Lipinski definition) is 1. The smallest absolute Gasteiger partial charge is 0.406 e. The lowest BCUT2D eigenvalue weighted by Gasteiger charge is -2.08. The molecular weight excluding hydrogens is 333 g/mol. The summed E-state index contributed by atoms with van der Waals surface area (Å²) >= 11 is 0. The number of aliphatic hydroxyl groups is 1. The van der Waals surface area contributed by atoms with Crippen LogP contribution in [0.25, 0.3) is 11.3 Å². The van der Waals surface area contributed by atoms with Gasteiger partial charge in [-0.05, 0) is 35.9 Å². The van der Waals surface area contributed by atoms with Gasteiger partial charge in [0.25, 0.3) is 0 Å². The molecule has 0 aliphatic carbocycles. The molecule has 130 valence electrons. The van der Waals surface area contributed by atoms with Crippen molar-refractivity contribution >= 4 is 0 Å².